The summed E-state index contributed by atoms with van der Waals surface area (Å²) in [5, 5.41) is 10.3. The number of thiazole rings is 1. The molecule has 1 amide bonds. The normalized spacial score (nSPS) is 10.9. The molecule has 0 unspecified atom stereocenters. The van der Waals surface area contributed by atoms with Crippen LogP contribution >= 0.6 is 35.3 Å². The molecule has 1 heterocycles. The van der Waals surface area contributed by atoms with Crippen LogP contribution < -0.4 is 16.0 Å². The summed E-state index contributed by atoms with van der Waals surface area (Å²) in [7, 11) is 0. The summed E-state index contributed by atoms with van der Waals surface area (Å²) in [5.74, 6) is 0.801. The van der Waals surface area contributed by atoms with E-state index in [1.54, 1.807) is 11.3 Å². The van der Waals surface area contributed by atoms with E-state index < -0.39 is 0 Å². The monoisotopic (exact) mass is 453 g/mol. The first kappa shape index (κ1) is 22.1. The number of aromatic nitrogens is 1. The second-order valence-electron chi connectivity index (χ2n) is 4.96. The van der Waals surface area contributed by atoms with Gasteiger partial charge in [0.05, 0.1) is 17.2 Å². The topological polar surface area (TPSA) is 78.4 Å². The molecule has 0 bridgehead atoms. The predicted octanol–water partition coefficient (Wildman–Crippen LogP) is 2.35. The van der Waals surface area contributed by atoms with Crippen molar-refractivity contribution < 1.29 is 4.79 Å². The van der Waals surface area contributed by atoms with Crippen molar-refractivity contribution in [3.8, 4) is 0 Å². The van der Waals surface area contributed by atoms with Gasteiger partial charge >= 0.3 is 0 Å². The molecule has 8 heteroatoms. The molecule has 0 saturated heterocycles. The van der Waals surface area contributed by atoms with Crippen LogP contribution in [0.15, 0.2) is 4.99 Å². The van der Waals surface area contributed by atoms with Crippen molar-refractivity contribution in [1.29, 1.82) is 0 Å². The highest BCUT2D eigenvalue weighted by atomic mass is 127. The molecule has 6 nitrogen and oxygen atoms in total. The molecule has 0 atom stereocenters. The minimum absolute atomic E-state index is 0. The van der Waals surface area contributed by atoms with Crippen LogP contribution in [-0.4, -0.2) is 36.5 Å². The van der Waals surface area contributed by atoms with Crippen LogP contribution in [0.3, 0.4) is 0 Å². The average Bonchev–Trinajstić information content (AvgIpc) is 2.80. The van der Waals surface area contributed by atoms with E-state index in [9.17, 15) is 4.79 Å². The number of aryl methyl sites for hydroxylation is 2. The fraction of sp³-hybridized carbons (Fsp3) is 0.667. The molecule has 1 aromatic heterocycles. The van der Waals surface area contributed by atoms with Gasteiger partial charge in [-0.3, -0.25) is 4.79 Å². The molecule has 0 aliphatic carbocycles. The van der Waals surface area contributed by atoms with E-state index >= 15 is 0 Å². The Hall–Kier alpha value is -0.900. The van der Waals surface area contributed by atoms with E-state index in [1.807, 2.05) is 27.7 Å². The lowest BCUT2D eigenvalue weighted by atomic mass is 10.3. The van der Waals surface area contributed by atoms with Gasteiger partial charge < -0.3 is 16.0 Å². The molecular formula is C15H28IN5OS. The highest BCUT2D eigenvalue weighted by Crippen LogP contribution is 2.17. The van der Waals surface area contributed by atoms with Crippen LogP contribution in [-0.2, 0) is 11.3 Å². The molecule has 0 radical (unpaired) electrons. The highest BCUT2D eigenvalue weighted by molar-refractivity contribution is 14.0. The van der Waals surface area contributed by atoms with Crippen molar-refractivity contribution >= 4 is 47.2 Å². The van der Waals surface area contributed by atoms with E-state index in [1.165, 1.54) is 4.88 Å². The van der Waals surface area contributed by atoms with Gasteiger partial charge in [0.1, 0.15) is 0 Å². The lowest BCUT2D eigenvalue weighted by Crippen LogP contribution is -2.39. The number of hydrogen-bond donors (Lipinski definition) is 3. The van der Waals surface area contributed by atoms with Crippen LogP contribution in [0, 0.1) is 13.8 Å². The summed E-state index contributed by atoms with van der Waals surface area (Å²) in [6.07, 6.45) is 1.40. The zero-order valence-corrected chi connectivity index (χ0v) is 17.5. The van der Waals surface area contributed by atoms with Crippen molar-refractivity contribution in [2.45, 2.75) is 47.1 Å². The minimum atomic E-state index is 0. The largest absolute Gasteiger partial charge is 0.357 e. The van der Waals surface area contributed by atoms with Gasteiger partial charge in [-0.2, -0.15) is 0 Å². The molecule has 0 aliphatic heterocycles. The van der Waals surface area contributed by atoms with E-state index in [0.29, 0.717) is 19.5 Å². The van der Waals surface area contributed by atoms with Crippen LogP contribution in [0.1, 0.15) is 42.3 Å². The Morgan fingerprint density at radius 1 is 1.17 bits per heavy atom. The van der Waals surface area contributed by atoms with Crippen LogP contribution in [0.5, 0.6) is 0 Å². The first-order chi connectivity index (χ1) is 10.6. The number of halogens is 1. The Bertz CT molecular complexity index is 504. The quantitative estimate of drug-likeness (QED) is 0.321. The third kappa shape index (κ3) is 9.09. The Labute approximate surface area is 160 Å². The predicted molar refractivity (Wildman–Crippen MR) is 108 cm³/mol. The van der Waals surface area contributed by atoms with Gasteiger partial charge in [-0.25, -0.2) is 9.98 Å². The van der Waals surface area contributed by atoms with Crippen LogP contribution in [0.4, 0.5) is 0 Å². The zero-order valence-electron chi connectivity index (χ0n) is 14.4. The van der Waals surface area contributed by atoms with Gasteiger partial charge in [0.25, 0.3) is 0 Å². The number of guanidine groups is 1. The molecule has 0 aromatic carbocycles. The third-order valence-electron chi connectivity index (χ3n) is 2.94. The third-order valence-corrected chi connectivity index (χ3v) is 4.00. The van der Waals surface area contributed by atoms with Gasteiger partial charge in [-0.1, -0.05) is 6.92 Å². The molecular weight excluding hydrogens is 425 g/mol. The van der Waals surface area contributed by atoms with Gasteiger partial charge in [-0.05, 0) is 27.2 Å². The number of rotatable bonds is 8. The molecule has 3 N–H and O–H groups in total. The van der Waals surface area contributed by atoms with E-state index in [0.717, 1.165) is 36.2 Å². The molecule has 0 fully saturated rings. The Balaban J connectivity index is 0.00000484. The fourth-order valence-electron chi connectivity index (χ4n) is 1.86. The summed E-state index contributed by atoms with van der Waals surface area (Å²) < 4.78 is 0. The first-order valence-corrected chi connectivity index (χ1v) is 8.60. The van der Waals surface area contributed by atoms with Crippen molar-refractivity contribution in [3.63, 3.8) is 0 Å². The molecule has 1 rings (SSSR count). The maximum atomic E-state index is 11.6. The maximum Gasteiger partial charge on any atom is 0.221 e. The zero-order chi connectivity index (χ0) is 16.4. The number of carbonyl (C=O) groups excluding carboxylic acids is 1. The summed E-state index contributed by atoms with van der Waals surface area (Å²) in [6, 6.07) is 0. The average molecular weight is 453 g/mol. The molecule has 23 heavy (non-hydrogen) atoms. The number of amides is 1. The Morgan fingerprint density at radius 2 is 1.91 bits per heavy atom. The van der Waals surface area contributed by atoms with Gasteiger partial charge in [0.15, 0.2) is 5.96 Å². The Morgan fingerprint density at radius 3 is 2.48 bits per heavy atom. The van der Waals surface area contributed by atoms with Crippen LogP contribution in [0.2, 0.25) is 0 Å². The molecule has 132 valence electrons. The highest BCUT2D eigenvalue weighted by Gasteiger charge is 2.05. The number of nitrogens with zero attached hydrogens (tertiary/aromatic N) is 2. The van der Waals surface area contributed by atoms with Crippen molar-refractivity contribution in [2.75, 3.05) is 19.6 Å². The second kappa shape index (κ2) is 12.5. The van der Waals surface area contributed by atoms with Gasteiger partial charge in [0, 0.05) is 30.9 Å². The summed E-state index contributed by atoms with van der Waals surface area (Å²) in [5.41, 5.74) is 1.04. The minimum Gasteiger partial charge on any atom is -0.357 e. The first-order valence-electron chi connectivity index (χ1n) is 7.78. The summed E-state index contributed by atoms with van der Waals surface area (Å²) in [6.45, 7) is 10.8. The number of hydrogen-bond acceptors (Lipinski definition) is 4. The SMILES string of the molecule is CCCNC(=O)CCNC(=NCc1sc(C)nc1C)NCC.I. The van der Waals surface area contributed by atoms with Gasteiger partial charge in [-0.15, -0.1) is 35.3 Å². The van der Waals surface area contributed by atoms with Crippen molar-refractivity contribution in [1.82, 2.24) is 20.9 Å². The second-order valence-corrected chi connectivity index (χ2v) is 6.25. The number of nitrogens with one attached hydrogen (secondary N) is 3. The molecule has 0 aliphatic rings. The summed E-state index contributed by atoms with van der Waals surface area (Å²) in [4.78, 5) is 21.7. The van der Waals surface area contributed by atoms with Crippen molar-refractivity contribution in [3.05, 3.63) is 15.6 Å². The number of aliphatic imine (C=N–C) groups is 1. The molecule has 0 saturated carbocycles. The van der Waals surface area contributed by atoms with E-state index in [-0.39, 0.29) is 29.9 Å². The number of carbonyl (C=O) groups is 1. The fourth-order valence-corrected chi connectivity index (χ4v) is 2.72. The van der Waals surface area contributed by atoms with Crippen LogP contribution in [0.25, 0.3) is 0 Å². The Kier molecular flexibility index (Phi) is 12.0. The molecule has 0 spiro atoms. The van der Waals surface area contributed by atoms with Crippen molar-refractivity contribution in [2.24, 2.45) is 4.99 Å². The van der Waals surface area contributed by atoms with E-state index in [4.69, 9.17) is 0 Å². The lowest BCUT2D eigenvalue weighted by molar-refractivity contribution is -0.120. The van der Waals surface area contributed by atoms with Gasteiger partial charge in [0.2, 0.25) is 5.91 Å². The maximum absolute atomic E-state index is 11.6. The smallest absolute Gasteiger partial charge is 0.221 e. The van der Waals surface area contributed by atoms with E-state index in [2.05, 4.69) is 25.9 Å². The lowest BCUT2D eigenvalue weighted by Gasteiger charge is -2.11. The standard InChI is InChI=1S/C15H27N5OS.HI/c1-5-8-17-14(21)7-9-18-15(16-6-2)19-10-13-11(3)20-12(4)22-13;/h5-10H2,1-4H3,(H,17,21)(H2,16,18,19);1H. The summed E-state index contributed by atoms with van der Waals surface area (Å²) >= 11 is 1.67. The molecule has 1 aromatic rings.